The highest BCUT2D eigenvalue weighted by Gasteiger charge is 2.23. The zero-order valence-corrected chi connectivity index (χ0v) is 19.8. The molecule has 0 saturated carbocycles. The zero-order chi connectivity index (χ0) is 21.2. The molecule has 1 aromatic carbocycles. The average Bonchev–Trinajstić information content (AvgIpc) is 3.32. The highest BCUT2D eigenvalue weighted by Crippen LogP contribution is 2.21. The van der Waals surface area contributed by atoms with Crippen molar-refractivity contribution >= 4 is 35.8 Å². The van der Waals surface area contributed by atoms with Crippen molar-refractivity contribution in [2.75, 3.05) is 53.0 Å². The highest BCUT2D eigenvalue weighted by molar-refractivity contribution is 14.0. The fourth-order valence-corrected chi connectivity index (χ4v) is 3.30. The van der Waals surface area contributed by atoms with Crippen LogP contribution in [0.3, 0.4) is 0 Å². The molecule has 3 N–H and O–H groups in total. The Kier molecular flexibility index (Phi) is 10.7. The molecule has 0 aliphatic carbocycles. The van der Waals surface area contributed by atoms with Crippen molar-refractivity contribution in [1.29, 1.82) is 0 Å². The van der Waals surface area contributed by atoms with Gasteiger partial charge in [-0.2, -0.15) is 0 Å². The standard InChI is InChI=1S/C21H28FN5O3.HI/c1-23-21(25-9-8-24-20(28)19-3-2-12-30-19)26-15-18(27-10-13-29-14-11-27)16-4-6-17(22)7-5-16;/h2-7,12,18H,8-11,13-15H2,1H3,(H,24,28)(H2,23,25,26);1H. The van der Waals surface area contributed by atoms with E-state index in [4.69, 9.17) is 9.15 Å². The van der Waals surface area contributed by atoms with Gasteiger partial charge in [-0.3, -0.25) is 14.7 Å². The van der Waals surface area contributed by atoms with Crippen LogP contribution in [0.4, 0.5) is 4.39 Å². The Morgan fingerprint density at radius 1 is 1.13 bits per heavy atom. The van der Waals surface area contributed by atoms with Crippen LogP contribution in [-0.2, 0) is 4.74 Å². The van der Waals surface area contributed by atoms with Crippen LogP contribution in [0.25, 0.3) is 0 Å². The predicted octanol–water partition coefficient (Wildman–Crippen LogP) is 2.00. The molecule has 1 fully saturated rings. The number of carbonyl (C=O) groups excluding carboxylic acids is 1. The second-order valence-corrected chi connectivity index (χ2v) is 6.83. The largest absolute Gasteiger partial charge is 0.459 e. The van der Waals surface area contributed by atoms with Crippen LogP contribution in [0.15, 0.2) is 52.1 Å². The minimum Gasteiger partial charge on any atom is -0.459 e. The number of morpholine rings is 1. The Hall–Kier alpha value is -2.18. The third kappa shape index (κ3) is 7.78. The number of carbonyl (C=O) groups is 1. The van der Waals surface area contributed by atoms with E-state index in [1.165, 1.54) is 18.4 Å². The van der Waals surface area contributed by atoms with Crippen molar-refractivity contribution in [2.45, 2.75) is 6.04 Å². The third-order valence-corrected chi connectivity index (χ3v) is 4.88. The summed E-state index contributed by atoms with van der Waals surface area (Å²) in [7, 11) is 1.69. The van der Waals surface area contributed by atoms with Gasteiger partial charge in [-0.05, 0) is 29.8 Å². The van der Waals surface area contributed by atoms with Crippen LogP contribution in [0.2, 0.25) is 0 Å². The van der Waals surface area contributed by atoms with Gasteiger partial charge in [0.15, 0.2) is 11.7 Å². The maximum atomic E-state index is 13.4. The Morgan fingerprint density at radius 2 is 1.84 bits per heavy atom. The van der Waals surface area contributed by atoms with Gasteiger partial charge in [0.25, 0.3) is 5.91 Å². The summed E-state index contributed by atoms with van der Waals surface area (Å²) in [5.74, 6) is 0.405. The number of furan rings is 1. The van der Waals surface area contributed by atoms with Crippen LogP contribution in [0.5, 0.6) is 0 Å². The van der Waals surface area contributed by atoms with E-state index in [1.54, 1.807) is 19.2 Å². The molecule has 1 unspecified atom stereocenters. The number of nitrogens with one attached hydrogen (secondary N) is 3. The predicted molar refractivity (Wildman–Crippen MR) is 127 cm³/mol. The lowest BCUT2D eigenvalue weighted by atomic mass is 10.0. The van der Waals surface area contributed by atoms with Gasteiger partial charge in [-0.15, -0.1) is 24.0 Å². The van der Waals surface area contributed by atoms with Crippen LogP contribution < -0.4 is 16.0 Å². The molecule has 31 heavy (non-hydrogen) atoms. The average molecular weight is 545 g/mol. The molecule has 1 aliphatic heterocycles. The van der Waals surface area contributed by atoms with E-state index in [9.17, 15) is 9.18 Å². The topological polar surface area (TPSA) is 91.1 Å². The quantitative estimate of drug-likeness (QED) is 0.204. The lowest BCUT2D eigenvalue weighted by Crippen LogP contribution is -2.47. The normalized spacial score (nSPS) is 15.6. The molecule has 3 rings (SSSR count). The van der Waals surface area contributed by atoms with Crippen LogP contribution >= 0.6 is 24.0 Å². The summed E-state index contributed by atoms with van der Waals surface area (Å²) in [5.41, 5.74) is 1.03. The first-order valence-electron chi connectivity index (χ1n) is 10.0. The van der Waals surface area contributed by atoms with Crippen molar-refractivity contribution in [2.24, 2.45) is 4.99 Å². The van der Waals surface area contributed by atoms with E-state index in [0.29, 0.717) is 38.8 Å². The van der Waals surface area contributed by atoms with Gasteiger partial charge in [0.2, 0.25) is 0 Å². The zero-order valence-electron chi connectivity index (χ0n) is 17.5. The maximum absolute atomic E-state index is 13.4. The van der Waals surface area contributed by atoms with E-state index < -0.39 is 0 Å². The Labute approximate surface area is 198 Å². The number of rotatable bonds is 8. The molecule has 1 aliphatic rings. The van der Waals surface area contributed by atoms with Gasteiger partial charge in [0.05, 0.1) is 25.5 Å². The highest BCUT2D eigenvalue weighted by atomic mass is 127. The lowest BCUT2D eigenvalue weighted by Gasteiger charge is -2.35. The number of nitrogens with zero attached hydrogens (tertiary/aromatic N) is 2. The van der Waals surface area contributed by atoms with Crippen LogP contribution in [0.1, 0.15) is 22.2 Å². The Balaban J connectivity index is 0.00000341. The Morgan fingerprint density at radius 3 is 2.48 bits per heavy atom. The van der Waals surface area contributed by atoms with Gasteiger partial charge in [-0.25, -0.2) is 4.39 Å². The summed E-state index contributed by atoms with van der Waals surface area (Å²) in [6.07, 6.45) is 1.46. The maximum Gasteiger partial charge on any atom is 0.287 e. The first kappa shape index (κ1) is 25.1. The number of hydrogen-bond acceptors (Lipinski definition) is 5. The molecule has 2 aromatic rings. The molecule has 170 valence electrons. The fraction of sp³-hybridized carbons (Fsp3) is 0.429. The molecule has 1 saturated heterocycles. The first-order chi connectivity index (χ1) is 14.7. The van der Waals surface area contributed by atoms with Gasteiger partial charge < -0.3 is 25.1 Å². The molecule has 0 radical (unpaired) electrons. The fourth-order valence-electron chi connectivity index (χ4n) is 3.30. The minimum atomic E-state index is -0.256. The van der Waals surface area contributed by atoms with E-state index >= 15 is 0 Å². The summed E-state index contributed by atoms with van der Waals surface area (Å²) in [5, 5.41) is 9.28. The molecule has 1 atom stereocenters. The number of benzene rings is 1. The molecule has 2 heterocycles. The first-order valence-corrected chi connectivity index (χ1v) is 10.0. The van der Waals surface area contributed by atoms with Crippen molar-refractivity contribution in [1.82, 2.24) is 20.9 Å². The summed E-state index contributed by atoms with van der Waals surface area (Å²) in [6.45, 7) is 4.52. The number of ether oxygens (including phenoxy) is 1. The molecule has 8 nitrogen and oxygen atoms in total. The number of guanidine groups is 1. The third-order valence-electron chi connectivity index (χ3n) is 4.88. The molecular formula is C21H29FIN5O3. The van der Waals surface area contributed by atoms with Crippen molar-refractivity contribution in [3.63, 3.8) is 0 Å². The molecule has 10 heteroatoms. The number of amides is 1. The molecule has 0 spiro atoms. The molecular weight excluding hydrogens is 516 g/mol. The summed E-state index contributed by atoms with van der Waals surface area (Å²) >= 11 is 0. The second-order valence-electron chi connectivity index (χ2n) is 6.83. The number of halogens is 2. The molecule has 1 amide bonds. The van der Waals surface area contributed by atoms with Crippen LogP contribution in [0, 0.1) is 5.82 Å². The summed E-state index contributed by atoms with van der Waals surface area (Å²) < 4.78 is 23.9. The van der Waals surface area contributed by atoms with Crippen molar-refractivity contribution < 1.29 is 18.3 Å². The van der Waals surface area contributed by atoms with Crippen molar-refractivity contribution in [3.8, 4) is 0 Å². The SMILES string of the molecule is CN=C(NCCNC(=O)c1ccco1)NCC(c1ccc(F)cc1)N1CCOCC1.I. The summed E-state index contributed by atoms with van der Waals surface area (Å²) in [6, 6.07) is 9.95. The molecule has 0 bridgehead atoms. The van der Waals surface area contributed by atoms with E-state index in [1.807, 2.05) is 12.1 Å². The van der Waals surface area contributed by atoms with Gasteiger partial charge in [0.1, 0.15) is 5.82 Å². The van der Waals surface area contributed by atoms with E-state index in [2.05, 4.69) is 25.8 Å². The van der Waals surface area contributed by atoms with E-state index in [-0.39, 0.29) is 47.5 Å². The summed E-state index contributed by atoms with van der Waals surface area (Å²) in [4.78, 5) is 18.4. The van der Waals surface area contributed by atoms with Crippen LogP contribution in [-0.4, -0.2) is 69.8 Å². The lowest BCUT2D eigenvalue weighted by molar-refractivity contribution is 0.0170. The minimum absolute atomic E-state index is 0. The smallest absolute Gasteiger partial charge is 0.287 e. The number of aliphatic imine (C=N–C) groups is 1. The van der Waals surface area contributed by atoms with Crippen molar-refractivity contribution in [3.05, 3.63) is 59.8 Å². The van der Waals surface area contributed by atoms with Gasteiger partial charge >= 0.3 is 0 Å². The van der Waals surface area contributed by atoms with Gasteiger partial charge in [-0.1, -0.05) is 12.1 Å². The monoisotopic (exact) mass is 545 g/mol. The van der Waals surface area contributed by atoms with Gasteiger partial charge in [0, 0.05) is 39.8 Å². The number of hydrogen-bond donors (Lipinski definition) is 3. The van der Waals surface area contributed by atoms with E-state index in [0.717, 1.165) is 18.7 Å². The second kappa shape index (κ2) is 13.3. The Bertz CT molecular complexity index is 811. The molecule has 1 aromatic heterocycles.